The molecular formula is C22H30N4O3. The summed E-state index contributed by atoms with van der Waals surface area (Å²) in [5.41, 5.74) is 1.84. The first-order valence-corrected chi connectivity index (χ1v) is 10.5. The van der Waals surface area contributed by atoms with E-state index >= 15 is 0 Å². The number of hydrogen-bond donors (Lipinski definition) is 1. The zero-order valence-electron chi connectivity index (χ0n) is 17.1. The van der Waals surface area contributed by atoms with E-state index in [4.69, 9.17) is 4.52 Å². The van der Waals surface area contributed by atoms with Crippen LogP contribution >= 0.6 is 0 Å². The SMILES string of the molecule is CCCCc1ccc(C(=O)N(CCN2CCCC2)CC(=O)Nc2ccon2)cc1. The Labute approximate surface area is 172 Å². The Bertz CT molecular complexity index is 768. The van der Waals surface area contributed by atoms with Crippen molar-refractivity contribution in [1.82, 2.24) is 15.0 Å². The molecule has 1 N–H and O–H groups in total. The van der Waals surface area contributed by atoms with Crippen molar-refractivity contribution in [2.45, 2.75) is 39.0 Å². The van der Waals surface area contributed by atoms with Crippen LogP contribution in [0.15, 0.2) is 41.1 Å². The van der Waals surface area contributed by atoms with E-state index in [1.54, 1.807) is 11.0 Å². The van der Waals surface area contributed by atoms with Crippen LogP contribution in [0.2, 0.25) is 0 Å². The Morgan fingerprint density at radius 3 is 2.59 bits per heavy atom. The molecule has 0 atom stereocenters. The van der Waals surface area contributed by atoms with Crippen LogP contribution in [0.4, 0.5) is 5.82 Å². The minimum atomic E-state index is -0.284. The van der Waals surface area contributed by atoms with Gasteiger partial charge < -0.3 is 19.6 Å². The van der Waals surface area contributed by atoms with Crippen LogP contribution in [0.1, 0.15) is 48.5 Å². The number of unbranched alkanes of at least 4 members (excludes halogenated alkanes) is 1. The van der Waals surface area contributed by atoms with Gasteiger partial charge in [-0.3, -0.25) is 9.59 Å². The molecular weight excluding hydrogens is 368 g/mol. The molecule has 2 heterocycles. The zero-order valence-corrected chi connectivity index (χ0v) is 17.1. The molecule has 1 aromatic heterocycles. The molecule has 1 aliphatic heterocycles. The van der Waals surface area contributed by atoms with Crippen LogP contribution in [-0.2, 0) is 11.2 Å². The maximum atomic E-state index is 13.1. The van der Waals surface area contributed by atoms with Gasteiger partial charge in [-0.2, -0.15) is 0 Å². The van der Waals surface area contributed by atoms with Crippen molar-refractivity contribution in [3.05, 3.63) is 47.7 Å². The Morgan fingerprint density at radius 2 is 1.93 bits per heavy atom. The largest absolute Gasteiger partial charge is 0.363 e. The van der Waals surface area contributed by atoms with E-state index < -0.39 is 0 Å². The second-order valence-electron chi connectivity index (χ2n) is 7.51. The lowest BCUT2D eigenvalue weighted by Gasteiger charge is -2.25. The summed E-state index contributed by atoms with van der Waals surface area (Å²) in [6, 6.07) is 9.33. The lowest BCUT2D eigenvalue weighted by Crippen LogP contribution is -2.42. The summed E-state index contributed by atoms with van der Waals surface area (Å²) >= 11 is 0. The topological polar surface area (TPSA) is 78.7 Å². The Morgan fingerprint density at radius 1 is 1.17 bits per heavy atom. The summed E-state index contributed by atoms with van der Waals surface area (Å²) in [5, 5.41) is 6.36. The molecule has 1 aliphatic rings. The fourth-order valence-corrected chi connectivity index (χ4v) is 3.53. The van der Waals surface area contributed by atoms with Gasteiger partial charge in [0.25, 0.3) is 5.91 Å². The van der Waals surface area contributed by atoms with Gasteiger partial charge in [-0.25, -0.2) is 0 Å². The van der Waals surface area contributed by atoms with E-state index in [2.05, 4.69) is 22.3 Å². The van der Waals surface area contributed by atoms with Crippen LogP contribution in [0, 0.1) is 0 Å². The number of likely N-dealkylation sites (tertiary alicyclic amines) is 1. The van der Waals surface area contributed by atoms with Gasteiger partial charge in [0.05, 0.1) is 0 Å². The number of nitrogens with one attached hydrogen (secondary N) is 1. The second-order valence-corrected chi connectivity index (χ2v) is 7.51. The predicted molar refractivity (Wildman–Crippen MR) is 112 cm³/mol. The quantitative estimate of drug-likeness (QED) is 0.665. The Kier molecular flexibility index (Phi) is 7.81. The number of carbonyl (C=O) groups excluding carboxylic acids is 2. The summed E-state index contributed by atoms with van der Waals surface area (Å²) in [6.07, 6.45) is 7.08. The van der Waals surface area contributed by atoms with E-state index in [1.165, 1.54) is 24.7 Å². The normalized spacial score (nSPS) is 14.1. The summed E-state index contributed by atoms with van der Waals surface area (Å²) in [6.45, 7) is 5.55. The Hall–Kier alpha value is -2.67. The summed E-state index contributed by atoms with van der Waals surface area (Å²) in [4.78, 5) is 29.5. The number of benzene rings is 1. The summed E-state index contributed by atoms with van der Waals surface area (Å²) in [7, 11) is 0. The van der Waals surface area contributed by atoms with Gasteiger partial charge in [0.1, 0.15) is 12.8 Å². The van der Waals surface area contributed by atoms with Crippen LogP contribution in [0.3, 0.4) is 0 Å². The molecule has 0 aliphatic carbocycles. The number of aromatic nitrogens is 1. The highest BCUT2D eigenvalue weighted by Gasteiger charge is 2.21. The highest BCUT2D eigenvalue weighted by Crippen LogP contribution is 2.12. The molecule has 0 unspecified atom stereocenters. The predicted octanol–water partition coefficient (Wildman–Crippen LogP) is 3.19. The number of rotatable bonds is 10. The summed E-state index contributed by atoms with van der Waals surface area (Å²) < 4.78 is 4.74. The molecule has 7 nitrogen and oxygen atoms in total. The van der Waals surface area contributed by atoms with Crippen LogP contribution < -0.4 is 5.32 Å². The van der Waals surface area contributed by atoms with Crippen molar-refractivity contribution in [2.24, 2.45) is 0 Å². The molecule has 0 radical (unpaired) electrons. The number of anilines is 1. The molecule has 2 amide bonds. The third kappa shape index (κ3) is 6.42. The first-order chi connectivity index (χ1) is 14.2. The molecule has 1 aromatic carbocycles. The van der Waals surface area contributed by atoms with Gasteiger partial charge in [0.15, 0.2) is 5.82 Å². The van der Waals surface area contributed by atoms with Crippen LogP contribution in [0.25, 0.3) is 0 Å². The average Bonchev–Trinajstić information content (AvgIpc) is 3.43. The molecule has 3 rings (SSSR count). The van der Waals surface area contributed by atoms with Crippen LogP contribution in [-0.4, -0.2) is 59.5 Å². The minimum absolute atomic E-state index is 0.0167. The van der Waals surface area contributed by atoms with Gasteiger partial charge >= 0.3 is 0 Å². The van der Waals surface area contributed by atoms with Crippen molar-refractivity contribution < 1.29 is 14.1 Å². The van der Waals surface area contributed by atoms with Gasteiger partial charge in [-0.1, -0.05) is 30.6 Å². The lowest BCUT2D eigenvalue weighted by molar-refractivity contribution is -0.117. The number of hydrogen-bond acceptors (Lipinski definition) is 5. The molecule has 1 fully saturated rings. The third-order valence-electron chi connectivity index (χ3n) is 5.23. The molecule has 156 valence electrons. The fourth-order valence-electron chi connectivity index (χ4n) is 3.53. The van der Waals surface area contributed by atoms with Crippen molar-refractivity contribution in [3.8, 4) is 0 Å². The Balaban J connectivity index is 1.64. The van der Waals surface area contributed by atoms with Crippen molar-refractivity contribution in [3.63, 3.8) is 0 Å². The minimum Gasteiger partial charge on any atom is -0.363 e. The molecule has 1 saturated heterocycles. The average molecular weight is 399 g/mol. The van der Waals surface area contributed by atoms with E-state index in [-0.39, 0.29) is 18.4 Å². The van der Waals surface area contributed by atoms with E-state index in [9.17, 15) is 9.59 Å². The maximum Gasteiger partial charge on any atom is 0.254 e. The number of nitrogens with zero attached hydrogens (tertiary/aromatic N) is 3. The van der Waals surface area contributed by atoms with Crippen molar-refractivity contribution in [2.75, 3.05) is 38.0 Å². The highest BCUT2D eigenvalue weighted by molar-refractivity contribution is 5.99. The molecule has 0 bridgehead atoms. The van der Waals surface area contributed by atoms with Crippen molar-refractivity contribution in [1.29, 1.82) is 0 Å². The smallest absolute Gasteiger partial charge is 0.254 e. The molecule has 2 aromatic rings. The van der Waals surface area contributed by atoms with E-state index in [1.807, 2.05) is 24.3 Å². The second kappa shape index (κ2) is 10.8. The van der Waals surface area contributed by atoms with Gasteiger partial charge in [0.2, 0.25) is 5.91 Å². The van der Waals surface area contributed by atoms with Gasteiger partial charge in [-0.15, -0.1) is 0 Å². The highest BCUT2D eigenvalue weighted by atomic mass is 16.5. The van der Waals surface area contributed by atoms with Gasteiger partial charge in [0, 0.05) is 24.7 Å². The first-order valence-electron chi connectivity index (χ1n) is 10.5. The third-order valence-corrected chi connectivity index (χ3v) is 5.23. The monoisotopic (exact) mass is 398 g/mol. The molecule has 0 saturated carbocycles. The zero-order chi connectivity index (χ0) is 20.5. The van der Waals surface area contributed by atoms with E-state index in [0.717, 1.165) is 38.9 Å². The fraction of sp³-hybridized carbons (Fsp3) is 0.500. The van der Waals surface area contributed by atoms with Gasteiger partial charge in [-0.05, 0) is 56.5 Å². The van der Waals surface area contributed by atoms with Crippen LogP contribution in [0.5, 0.6) is 0 Å². The first kappa shape index (κ1) is 21.0. The number of amides is 2. The lowest BCUT2D eigenvalue weighted by atomic mass is 10.1. The summed E-state index contributed by atoms with van der Waals surface area (Å²) in [5.74, 6) is -0.0583. The van der Waals surface area contributed by atoms with Crippen molar-refractivity contribution >= 4 is 17.6 Å². The maximum absolute atomic E-state index is 13.1. The number of carbonyl (C=O) groups is 2. The standard InChI is InChI=1S/C22H30N4O3/c1-2-3-6-18-7-9-19(10-8-18)22(28)26(15-14-25-12-4-5-13-25)17-21(27)23-20-11-16-29-24-20/h7-11,16H,2-6,12-15,17H2,1H3,(H,23,24,27). The molecule has 7 heteroatoms. The number of aryl methyl sites for hydroxylation is 1. The molecule has 29 heavy (non-hydrogen) atoms. The molecule has 0 spiro atoms. The van der Waals surface area contributed by atoms with E-state index in [0.29, 0.717) is 17.9 Å².